The zero-order valence-corrected chi connectivity index (χ0v) is 12.1. The van der Waals surface area contributed by atoms with E-state index in [1.165, 1.54) is 12.3 Å². The van der Waals surface area contributed by atoms with Crippen molar-refractivity contribution < 1.29 is 9.53 Å². The molecular weight excluding hydrogens is 308 g/mol. The molecule has 2 rings (SSSR count). The maximum absolute atomic E-state index is 12.0. The molecule has 0 unspecified atom stereocenters. The monoisotopic (exact) mass is 319 g/mol. The number of pyridine rings is 1. The molecule has 19 heavy (non-hydrogen) atoms. The van der Waals surface area contributed by atoms with Gasteiger partial charge in [-0.25, -0.2) is 4.79 Å². The van der Waals surface area contributed by atoms with Gasteiger partial charge in [-0.3, -0.25) is 4.98 Å². The van der Waals surface area contributed by atoms with E-state index >= 15 is 0 Å². The SMILES string of the molecule is CN(C)c1ccc(C(=O)Oc2c[c]ncc2Br)cc1. The van der Waals surface area contributed by atoms with Crippen molar-refractivity contribution in [3.8, 4) is 5.75 Å². The second-order valence-corrected chi connectivity index (χ2v) is 4.93. The molecule has 1 aromatic heterocycles. The average Bonchev–Trinajstić information content (AvgIpc) is 2.41. The molecular formula is C14H12BrN2O2. The lowest BCUT2D eigenvalue weighted by Crippen LogP contribution is -2.11. The number of esters is 1. The van der Waals surface area contributed by atoms with Crippen LogP contribution in [-0.2, 0) is 0 Å². The number of halogens is 1. The summed E-state index contributed by atoms with van der Waals surface area (Å²) in [7, 11) is 3.88. The first-order valence-corrected chi connectivity index (χ1v) is 6.38. The molecule has 1 aromatic carbocycles. The van der Waals surface area contributed by atoms with E-state index < -0.39 is 5.97 Å². The predicted octanol–water partition coefficient (Wildman–Crippen LogP) is 2.93. The topological polar surface area (TPSA) is 42.4 Å². The summed E-state index contributed by atoms with van der Waals surface area (Å²) in [6.07, 6.45) is 4.14. The first-order chi connectivity index (χ1) is 9.08. The van der Waals surface area contributed by atoms with Gasteiger partial charge in [0.05, 0.1) is 16.2 Å². The molecule has 0 atom stereocenters. The number of aromatic nitrogens is 1. The Morgan fingerprint density at radius 3 is 2.58 bits per heavy atom. The van der Waals surface area contributed by atoms with Crippen LogP contribution in [0.1, 0.15) is 10.4 Å². The molecule has 0 bridgehead atoms. The van der Waals surface area contributed by atoms with Crippen LogP contribution in [0.4, 0.5) is 5.69 Å². The van der Waals surface area contributed by atoms with Gasteiger partial charge in [0.1, 0.15) is 5.75 Å². The van der Waals surface area contributed by atoms with Crippen molar-refractivity contribution in [1.82, 2.24) is 4.98 Å². The Labute approximate surface area is 120 Å². The number of hydrogen-bond donors (Lipinski definition) is 0. The fourth-order valence-corrected chi connectivity index (χ4v) is 1.75. The highest BCUT2D eigenvalue weighted by Gasteiger charge is 2.11. The number of hydrogen-bond acceptors (Lipinski definition) is 4. The zero-order chi connectivity index (χ0) is 13.8. The summed E-state index contributed by atoms with van der Waals surface area (Å²) < 4.78 is 5.88. The van der Waals surface area contributed by atoms with Crippen molar-refractivity contribution in [2.75, 3.05) is 19.0 Å². The molecule has 0 spiro atoms. The summed E-state index contributed by atoms with van der Waals surface area (Å²) in [5.41, 5.74) is 1.52. The minimum absolute atomic E-state index is 0.400. The number of benzene rings is 1. The first-order valence-electron chi connectivity index (χ1n) is 5.59. The Kier molecular flexibility index (Phi) is 4.16. The Morgan fingerprint density at radius 2 is 2.00 bits per heavy atom. The third kappa shape index (κ3) is 3.32. The number of carbonyl (C=O) groups is 1. The molecule has 0 aliphatic rings. The highest BCUT2D eigenvalue weighted by atomic mass is 79.9. The minimum Gasteiger partial charge on any atom is -0.422 e. The van der Waals surface area contributed by atoms with Crippen LogP contribution >= 0.6 is 15.9 Å². The fourth-order valence-electron chi connectivity index (χ4n) is 1.46. The second kappa shape index (κ2) is 5.84. The van der Waals surface area contributed by atoms with E-state index in [2.05, 4.69) is 27.1 Å². The molecule has 4 nitrogen and oxygen atoms in total. The molecule has 0 amide bonds. The van der Waals surface area contributed by atoms with Crippen molar-refractivity contribution in [1.29, 1.82) is 0 Å². The number of rotatable bonds is 3. The number of carbonyl (C=O) groups excluding carboxylic acids is 1. The molecule has 2 aromatic rings. The van der Waals surface area contributed by atoms with Crippen molar-refractivity contribution in [3.63, 3.8) is 0 Å². The van der Waals surface area contributed by atoms with Crippen LogP contribution in [0.5, 0.6) is 5.75 Å². The third-order valence-corrected chi connectivity index (χ3v) is 3.10. The minimum atomic E-state index is -0.411. The van der Waals surface area contributed by atoms with Crippen molar-refractivity contribution in [3.05, 3.63) is 52.8 Å². The van der Waals surface area contributed by atoms with Crippen LogP contribution in [-0.4, -0.2) is 25.0 Å². The molecule has 1 heterocycles. The Morgan fingerprint density at radius 1 is 1.32 bits per heavy atom. The molecule has 5 heteroatoms. The third-order valence-electron chi connectivity index (χ3n) is 2.51. The van der Waals surface area contributed by atoms with Crippen molar-refractivity contribution in [2.24, 2.45) is 0 Å². The van der Waals surface area contributed by atoms with Crippen LogP contribution < -0.4 is 9.64 Å². The fraction of sp³-hybridized carbons (Fsp3) is 0.143. The Hall–Kier alpha value is -1.88. The molecule has 0 N–H and O–H groups in total. The van der Waals surface area contributed by atoms with Gasteiger partial charge in [0.15, 0.2) is 0 Å². The van der Waals surface area contributed by atoms with Gasteiger partial charge in [0.2, 0.25) is 0 Å². The van der Waals surface area contributed by atoms with Gasteiger partial charge >= 0.3 is 5.97 Å². The van der Waals surface area contributed by atoms with E-state index in [1.807, 2.05) is 31.1 Å². The van der Waals surface area contributed by atoms with E-state index in [0.29, 0.717) is 15.8 Å². The zero-order valence-electron chi connectivity index (χ0n) is 10.6. The summed E-state index contributed by atoms with van der Waals surface area (Å²) >= 11 is 3.26. The largest absolute Gasteiger partial charge is 0.422 e. The predicted molar refractivity (Wildman–Crippen MR) is 76.5 cm³/mol. The molecule has 0 aliphatic carbocycles. The van der Waals surface area contributed by atoms with E-state index in [0.717, 1.165) is 5.69 Å². The molecule has 1 radical (unpaired) electrons. The molecule has 0 aliphatic heterocycles. The highest BCUT2D eigenvalue weighted by Crippen LogP contribution is 2.23. The van der Waals surface area contributed by atoms with Gasteiger partial charge < -0.3 is 9.64 Å². The molecule has 0 fully saturated rings. The van der Waals surface area contributed by atoms with E-state index in [-0.39, 0.29) is 0 Å². The van der Waals surface area contributed by atoms with Crippen molar-refractivity contribution in [2.45, 2.75) is 0 Å². The van der Waals surface area contributed by atoms with Gasteiger partial charge in [-0.05, 0) is 40.2 Å². The second-order valence-electron chi connectivity index (χ2n) is 4.07. The van der Waals surface area contributed by atoms with Crippen molar-refractivity contribution >= 4 is 27.6 Å². The lowest BCUT2D eigenvalue weighted by atomic mass is 10.2. The lowest BCUT2D eigenvalue weighted by molar-refractivity contribution is 0.0733. The Bertz CT molecular complexity index is 582. The summed E-state index contributed by atoms with van der Waals surface area (Å²) in [4.78, 5) is 17.7. The number of nitrogens with zero attached hydrogens (tertiary/aromatic N) is 2. The van der Waals surface area contributed by atoms with E-state index in [9.17, 15) is 4.79 Å². The standard InChI is InChI=1S/C14H12BrN2O2/c1-17(2)11-5-3-10(4-6-11)14(18)19-13-7-8-16-9-12(13)15/h3-7,9H,1-2H3. The van der Waals surface area contributed by atoms with Gasteiger partial charge in [-0.2, -0.15) is 0 Å². The molecule has 97 valence electrons. The average molecular weight is 320 g/mol. The lowest BCUT2D eigenvalue weighted by Gasteiger charge is -2.12. The molecule has 0 saturated heterocycles. The molecule has 0 saturated carbocycles. The van der Waals surface area contributed by atoms with Crippen LogP contribution in [0, 0.1) is 6.20 Å². The summed E-state index contributed by atoms with van der Waals surface area (Å²) in [6.45, 7) is 0. The Balaban J connectivity index is 2.14. The van der Waals surface area contributed by atoms with Gasteiger partial charge in [-0.1, -0.05) is 0 Å². The van der Waals surface area contributed by atoms with Crippen LogP contribution in [0.25, 0.3) is 0 Å². The smallest absolute Gasteiger partial charge is 0.343 e. The highest BCUT2D eigenvalue weighted by molar-refractivity contribution is 9.10. The number of anilines is 1. The maximum atomic E-state index is 12.0. The van der Waals surface area contributed by atoms with Gasteiger partial charge in [-0.15, -0.1) is 0 Å². The van der Waals surface area contributed by atoms with E-state index in [4.69, 9.17) is 4.74 Å². The van der Waals surface area contributed by atoms with Crippen LogP contribution in [0.15, 0.2) is 41.0 Å². The summed E-state index contributed by atoms with van der Waals surface area (Å²) in [5.74, 6) is -0.0118. The summed E-state index contributed by atoms with van der Waals surface area (Å²) in [5, 5.41) is 0. The number of ether oxygens (including phenoxy) is 1. The van der Waals surface area contributed by atoms with Crippen LogP contribution in [0.2, 0.25) is 0 Å². The maximum Gasteiger partial charge on any atom is 0.343 e. The quantitative estimate of drug-likeness (QED) is 0.816. The van der Waals surface area contributed by atoms with E-state index in [1.54, 1.807) is 12.1 Å². The normalized spacial score (nSPS) is 10.1. The van der Waals surface area contributed by atoms with Gasteiger partial charge in [0, 0.05) is 32.0 Å². The first kappa shape index (κ1) is 13.5. The van der Waals surface area contributed by atoms with Crippen LogP contribution in [0.3, 0.4) is 0 Å². The van der Waals surface area contributed by atoms with Gasteiger partial charge in [0.25, 0.3) is 0 Å². The summed E-state index contributed by atoms with van der Waals surface area (Å²) in [6, 6.07) is 8.71.